The molecule has 2 heteroatoms. The number of hydrogen-bond acceptors (Lipinski definition) is 2. The van der Waals surface area contributed by atoms with Gasteiger partial charge in [0.1, 0.15) is 0 Å². The van der Waals surface area contributed by atoms with Crippen LogP contribution in [0.2, 0.25) is 0 Å². The van der Waals surface area contributed by atoms with Gasteiger partial charge in [0.25, 0.3) is 0 Å². The average Bonchev–Trinajstić information content (AvgIpc) is 2.90. The lowest BCUT2D eigenvalue weighted by atomic mass is 10.2. The molecule has 1 aromatic rings. The van der Waals surface area contributed by atoms with Gasteiger partial charge in [-0.2, -0.15) is 0 Å². The Hall–Kier alpha value is -0.890. The minimum atomic E-state index is -0.0682. The van der Waals surface area contributed by atoms with Crippen LogP contribution in [0.5, 0.6) is 0 Å². The van der Waals surface area contributed by atoms with E-state index in [2.05, 4.69) is 4.98 Å². The van der Waals surface area contributed by atoms with Gasteiger partial charge < -0.3 is 5.73 Å². The van der Waals surface area contributed by atoms with E-state index in [1.165, 1.54) is 0 Å². The molecule has 2 nitrogen and oxygen atoms in total. The Kier molecular flexibility index (Phi) is 2.82. The monoisotopic (exact) mass is 166 g/mol. The molecule has 1 heterocycles. The lowest BCUT2D eigenvalue weighted by Crippen LogP contribution is -2.19. The second-order valence-electron chi connectivity index (χ2n) is 2.87. The molecule has 1 aromatic heterocycles. The first-order chi connectivity index (χ1) is 5.81. The van der Waals surface area contributed by atoms with Gasteiger partial charge in [-0.25, -0.2) is 0 Å². The van der Waals surface area contributed by atoms with E-state index in [-0.39, 0.29) is 6.97 Å². The van der Waals surface area contributed by atoms with E-state index < -0.39 is 0 Å². The van der Waals surface area contributed by atoms with E-state index in [0.29, 0.717) is 0 Å². The lowest BCUT2D eigenvalue weighted by molar-refractivity contribution is 0.708. The number of rotatable bonds is 1. The van der Waals surface area contributed by atoms with Crippen LogP contribution in [0.4, 0.5) is 0 Å². The normalized spacial score (nSPS) is 17.6. The standard InChI is InChI=1S/C8H10N2.C2H6.H2/c9-8(4-5-8)7-3-1-2-6-10-7;1-2;/h1-3,6H,4-5,9H2;1-2H3;1H. The highest BCUT2D eigenvalue weighted by Gasteiger charge is 2.41. The number of hydrogen-bond donors (Lipinski definition) is 1. The maximum Gasteiger partial charge on any atom is 0.0602 e. The van der Waals surface area contributed by atoms with Crippen LogP contribution in [0.1, 0.15) is 33.8 Å². The molecule has 12 heavy (non-hydrogen) atoms. The van der Waals surface area contributed by atoms with Crippen LogP contribution in [-0.2, 0) is 5.54 Å². The summed E-state index contributed by atoms with van der Waals surface area (Å²) in [6, 6.07) is 5.89. The van der Waals surface area contributed by atoms with Gasteiger partial charge in [-0.1, -0.05) is 19.9 Å². The van der Waals surface area contributed by atoms with Crippen LogP contribution < -0.4 is 5.73 Å². The maximum absolute atomic E-state index is 5.91. The van der Waals surface area contributed by atoms with Crippen molar-refractivity contribution in [1.29, 1.82) is 0 Å². The zero-order chi connectivity index (χ0) is 9.03. The fourth-order valence-corrected chi connectivity index (χ4v) is 1.05. The van der Waals surface area contributed by atoms with Crippen molar-refractivity contribution in [3.63, 3.8) is 0 Å². The number of nitrogens with two attached hydrogens (primary N) is 1. The van der Waals surface area contributed by atoms with Crippen LogP contribution in [0, 0.1) is 0 Å². The number of pyridine rings is 1. The van der Waals surface area contributed by atoms with Crippen LogP contribution in [-0.4, -0.2) is 4.98 Å². The molecular formula is C10H18N2. The third-order valence-electron chi connectivity index (χ3n) is 1.96. The molecular weight excluding hydrogens is 148 g/mol. The zero-order valence-corrected chi connectivity index (χ0v) is 7.75. The molecule has 1 saturated carbocycles. The van der Waals surface area contributed by atoms with Crippen LogP contribution in [0.15, 0.2) is 24.4 Å². The van der Waals surface area contributed by atoms with E-state index in [9.17, 15) is 0 Å². The summed E-state index contributed by atoms with van der Waals surface area (Å²) < 4.78 is 0. The van der Waals surface area contributed by atoms with Crippen molar-refractivity contribution in [2.75, 3.05) is 0 Å². The van der Waals surface area contributed by atoms with Crippen LogP contribution >= 0.6 is 0 Å². The van der Waals surface area contributed by atoms with E-state index in [1.54, 1.807) is 6.20 Å². The molecule has 0 atom stereocenters. The highest BCUT2D eigenvalue weighted by Crippen LogP contribution is 2.41. The molecule has 0 spiro atoms. The number of aromatic nitrogens is 1. The second-order valence-corrected chi connectivity index (χ2v) is 2.87. The third kappa shape index (κ3) is 1.83. The summed E-state index contributed by atoms with van der Waals surface area (Å²) in [5.41, 5.74) is 6.87. The van der Waals surface area contributed by atoms with Gasteiger partial charge in [0.15, 0.2) is 0 Å². The summed E-state index contributed by atoms with van der Waals surface area (Å²) in [6.45, 7) is 4.00. The van der Waals surface area contributed by atoms with Gasteiger partial charge in [-0.3, -0.25) is 4.98 Å². The predicted octanol–water partition coefficient (Wildman–Crippen LogP) is 2.30. The molecule has 68 valence electrons. The minimum Gasteiger partial charge on any atom is -0.320 e. The first kappa shape index (κ1) is 9.20. The van der Waals surface area contributed by atoms with Gasteiger partial charge in [-0.05, 0) is 25.0 Å². The molecule has 0 radical (unpaired) electrons. The Morgan fingerprint density at radius 3 is 2.50 bits per heavy atom. The highest BCUT2D eigenvalue weighted by atomic mass is 14.9. The SMILES string of the molecule is CC.NC1(c2ccccn2)CC1.[HH]. The summed E-state index contributed by atoms with van der Waals surface area (Å²) >= 11 is 0. The first-order valence-corrected chi connectivity index (χ1v) is 4.52. The molecule has 0 aromatic carbocycles. The fourth-order valence-electron chi connectivity index (χ4n) is 1.05. The second kappa shape index (κ2) is 3.68. The highest BCUT2D eigenvalue weighted by molar-refractivity contribution is 5.21. The third-order valence-corrected chi connectivity index (χ3v) is 1.96. The van der Waals surface area contributed by atoms with E-state index in [1.807, 2.05) is 32.0 Å². The Labute approximate surface area is 75.3 Å². The van der Waals surface area contributed by atoms with Gasteiger partial charge >= 0.3 is 0 Å². The zero-order valence-electron chi connectivity index (χ0n) is 7.75. The quantitative estimate of drug-likeness (QED) is 0.695. The Bertz CT molecular complexity index is 232. The fraction of sp³-hybridized carbons (Fsp3) is 0.500. The van der Waals surface area contributed by atoms with Gasteiger partial charge in [0.2, 0.25) is 0 Å². The average molecular weight is 166 g/mol. The Morgan fingerprint density at radius 1 is 1.42 bits per heavy atom. The first-order valence-electron chi connectivity index (χ1n) is 4.52. The lowest BCUT2D eigenvalue weighted by Gasteiger charge is -2.05. The molecule has 1 fully saturated rings. The van der Waals surface area contributed by atoms with Crippen molar-refractivity contribution in [2.24, 2.45) is 5.73 Å². The van der Waals surface area contributed by atoms with Gasteiger partial charge in [-0.15, -0.1) is 0 Å². The molecule has 0 amide bonds. The van der Waals surface area contributed by atoms with E-state index >= 15 is 0 Å². The smallest absolute Gasteiger partial charge is 0.0602 e. The van der Waals surface area contributed by atoms with Crippen molar-refractivity contribution < 1.29 is 1.43 Å². The molecule has 2 rings (SSSR count). The molecule has 0 saturated heterocycles. The Morgan fingerprint density at radius 2 is 2.08 bits per heavy atom. The van der Waals surface area contributed by atoms with Crippen molar-refractivity contribution >= 4 is 0 Å². The summed E-state index contributed by atoms with van der Waals surface area (Å²) in [4.78, 5) is 4.19. The van der Waals surface area contributed by atoms with Crippen molar-refractivity contribution in [3.8, 4) is 0 Å². The molecule has 2 N–H and O–H groups in total. The molecule has 0 aliphatic heterocycles. The molecule has 1 aliphatic carbocycles. The Balaban J connectivity index is 0.000000451. The van der Waals surface area contributed by atoms with Crippen LogP contribution in [0.25, 0.3) is 0 Å². The maximum atomic E-state index is 5.91. The van der Waals surface area contributed by atoms with Gasteiger partial charge in [0, 0.05) is 7.62 Å². The van der Waals surface area contributed by atoms with Crippen molar-refractivity contribution in [3.05, 3.63) is 30.1 Å². The summed E-state index contributed by atoms with van der Waals surface area (Å²) in [7, 11) is 0. The summed E-state index contributed by atoms with van der Waals surface area (Å²) in [6.07, 6.45) is 3.97. The summed E-state index contributed by atoms with van der Waals surface area (Å²) in [5.74, 6) is 0. The van der Waals surface area contributed by atoms with E-state index in [4.69, 9.17) is 5.73 Å². The largest absolute Gasteiger partial charge is 0.320 e. The molecule has 1 aliphatic rings. The summed E-state index contributed by atoms with van der Waals surface area (Å²) in [5, 5.41) is 0. The van der Waals surface area contributed by atoms with Crippen molar-refractivity contribution in [2.45, 2.75) is 32.2 Å². The van der Waals surface area contributed by atoms with Crippen LogP contribution in [0.3, 0.4) is 0 Å². The minimum absolute atomic E-state index is 0. The van der Waals surface area contributed by atoms with E-state index in [0.717, 1.165) is 18.5 Å². The predicted molar refractivity (Wildman–Crippen MR) is 52.8 cm³/mol. The van der Waals surface area contributed by atoms with Crippen molar-refractivity contribution in [1.82, 2.24) is 4.98 Å². The number of nitrogens with zero attached hydrogens (tertiary/aromatic N) is 1. The van der Waals surface area contributed by atoms with Gasteiger partial charge in [0.05, 0.1) is 11.2 Å². The topological polar surface area (TPSA) is 38.9 Å². The molecule has 0 unspecified atom stereocenters. The molecule has 0 bridgehead atoms.